The first-order valence-electron chi connectivity index (χ1n) is 5.95. The summed E-state index contributed by atoms with van der Waals surface area (Å²) in [4.78, 5) is 11.7. The van der Waals surface area contributed by atoms with Crippen molar-refractivity contribution in [2.45, 2.75) is 47.5 Å². The van der Waals surface area contributed by atoms with Crippen LogP contribution in [0.3, 0.4) is 0 Å². The first-order valence-corrected chi connectivity index (χ1v) is 6.76. The molecule has 1 heterocycles. The third kappa shape index (κ3) is 4.81. The molecule has 0 saturated heterocycles. The highest BCUT2D eigenvalue weighted by Crippen LogP contribution is 2.25. The summed E-state index contributed by atoms with van der Waals surface area (Å²) in [6, 6.07) is 0. The van der Waals surface area contributed by atoms with Gasteiger partial charge in [0.15, 0.2) is 0 Å². The maximum Gasteiger partial charge on any atom is 0.229 e. The Morgan fingerprint density at radius 2 is 2.06 bits per heavy atom. The van der Waals surface area contributed by atoms with Crippen LogP contribution < -0.4 is 5.32 Å². The van der Waals surface area contributed by atoms with Gasteiger partial charge < -0.3 is 5.32 Å². The molecule has 1 atom stereocenters. The molecule has 96 valence electrons. The molecule has 0 unspecified atom stereocenters. The lowest BCUT2D eigenvalue weighted by Gasteiger charge is -2.14. The van der Waals surface area contributed by atoms with E-state index in [4.69, 9.17) is 0 Å². The average Bonchev–Trinajstić information content (AvgIpc) is 2.61. The predicted molar refractivity (Wildman–Crippen MR) is 71.2 cm³/mol. The number of nitrogens with one attached hydrogen (secondary N) is 1. The van der Waals surface area contributed by atoms with Gasteiger partial charge in [0.1, 0.15) is 5.01 Å². The molecule has 1 aromatic heterocycles. The first-order chi connectivity index (χ1) is 7.81. The highest BCUT2D eigenvalue weighted by molar-refractivity contribution is 7.15. The Labute approximate surface area is 107 Å². The molecule has 0 saturated carbocycles. The van der Waals surface area contributed by atoms with Crippen LogP contribution in [0.5, 0.6) is 0 Å². The van der Waals surface area contributed by atoms with Crippen molar-refractivity contribution in [3.8, 4) is 0 Å². The van der Waals surface area contributed by atoms with Gasteiger partial charge in [0.05, 0.1) is 0 Å². The largest absolute Gasteiger partial charge is 0.300 e. The van der Waals surface area contributed by atoms with Crippen LogP contribution in [0.4, 0.5) is 5.13 Å². The summed E-state index contributed by atoms with van der Waals surface area (Å²) >= 11 is 1.46. The second-order valence-electron chi connectivity index (χ2n) is 5.54. The molecular weight excluding hydrogens is 234 g/mol. The molecule has 0 bridgehead atoms. The van der Waals surface area contributed by atoms with Crippen LogP contribution in [0.15, 0.2) is 0 Å². The Bertz CT molecular complexity index is 381. The van der Waals surface area contributed by atoms with Crippen molar-refractivity contribution in [3.63, 3.8) is 0 Å². The Balaban J connectivity index is 2.60. The van der Waals surface area contributed by atoms with E-state index in [0.717, 1.165) is 17.8 Å². The summed E-state index contributed by atoms with van der Waals surface area (Å²) in [7, 11) is 0. The first kappa shape index (κ1) is 14.1. The number of hydrogen-bond acceptors (Lipinski definition) is 4. The Morgan fingerprint density at radius 3 is 2.59 bits per heavy atom. The number of carbonyl (C=O) groups is 1. The number of rotatable bonds is 4. The van der Waals surface area contributed by atoms with Crippen LogP contribution in [0.25, 0.3) is 0 Å². The number of anilines is 1. The van der Waals surface area contributed by atoms with Gasteiger partial charge in [-0.1, -0.05) is 46.0 Å². The van der Waals surface area contributed by atoms with Crippen LogP contribution >= 0.6 is 11.3 Å². The maximum absolute atomic E-state index is 11.7. The number of carbonyl (C=O) groups excluding carboxylic acids is 1. The van der Waals surface area contributed by atoms with E-state index >= 15 is 0 Å². The minimum Gasteiger partial charge on any atom is -0.300 e. The van der Waals surface area contributed by atoms with Crippen LogP contribution in [0.1, 0.15) is 46.0 Å². The Hall–Kier alpha value is -0.970. The van der Waals surface area contributed by atoms with E-state index in [0.29, 0.717) is 5.13 Å². The van der Waals surface area contributed by atoms with E-state index in [9.17, 15) is 4.79 Å². The highest BCUT2D eigenvalue weighted by atomic mass is 32.1. The number of hydrogen-bond donors (Lipinski definition) is 1. The molecule has 0 aliphatic heterocycles. The fourth-order valence-corrected chi connectivity index (χ4v) is 2.29. The van der Waals surface area contributed by atoms with Gasteiger partial charge in [-0.3, -0.25) is 4.79 Å². The summed E-state index contributed by atoms with van der Waals surface area (Å²) < 4.78 is 0. The maximum atomic E-state index is 11.7. The third-order valence-electron chi connectivity index (χ3n) is 2.44. The zero-order chi connectivity index (χ0) is 13.1. The van der Waals surface area contributed by atoms with E-state index < -0.39 is 0 Å². The summed E-state index contributed by atoms with van der Waals surface area (Å²) in [6.45, 7) is 10.4. The van der Waals surface area contributed by atoms with Gasteiger partial charge >= 0.3 is 0 Å². The molecule has 0 aliphatic rings. The van der Waals surface area contributed by atoms with Gasteiger partial charge in [-0.15, -0.1) is 10.2 Å². The summed E-state index contributed by atoms with van der Waals surface area (Å²) in [5, 5.41) is 12.5. The predicted octanol–water partition coefficient (Wildman–Crippen LogP) is 3.11. The van der Waals surface area contributed by atoms with Gasteiger partial charge in [0, 0.05) is 12.3 Å². The molecule has 17 heavy (non-hydrogen) atoms. The van der Waals surface area contributed by atoms with E-state index in [1.165, 1.54) is 11.3 Å². The second kappa shape index (κ2) is 5.58. The molecular formula is C12H21N3OS. The van der Waals surface area contributed by atoms with Crippen molar-refractivity contribution in [1.82, 2.24) is 10.2 Å². The van der Waals surface area contributed by atoms with Gasteiger partial charge in [-0.25, -0.2) is 0 Å². The smallest absolute Gasteiger partial charge is 0.229 e. The van der Waals surface area contributed by atoms with Crippen LogP contribution in [-0.4, -0.2) is 16.1 Å². The van der Waals surface area contributed by atoms with E-state index in [1.807, 2.05) is 13.8 Å². The fraction of sp³-hybridized carbons (Fsp3) is 0.750. The van der Waals surface area contributed by atoms with Crippen molar-refractivity contribution in [2.75, 3.05) is 5.32 Å². The monoisotopic (exact) mass is 255 g/mol. The second-order valence-corrected chi connectivity index (χ2v) is 6.60. The topological polar surface area (TPSA) is 54.9 Å². The lowest BCUT2D eigenvalue weighted by molar-refractivity contribution is -0.119. The minimum atomic E-state index is 0.0185. The van der Waals surface area contributed by atoms with Gasteiger partial charge in [0.25, 0.3) is 0 Å². The molecule has 0 fully saturated rings. The molecule has 4 nitrogen and oxygen atoms in total. The van der Waals surface area contributed by atoms with Crippen molar-refractivity contribution < 1.29 is 4.79 Å². The molecule has 0 radical (unpaired) electrons. The van der Waals surface area contributed by atoms with Gasteiger partial charge in [0.2, 0.25) is 11.0 Å². The quantitative estimate of drug-likeness (QED) is 0.899. The molecule has 0 spiro atoms. The van der Waals surface area contributed by atoms with Crippen LogP contribution in [-0.2, 0) is 11.2 Å². The number of amides is 1. The van der Waals surface area contributed by atoms with Gasteiger partial charge in [-0.2, -0.15) is 0 Å². The number of aromatic nitrogens is 2. The lowest BCUT2D eigenvalue weighted by Crippen LogP contribution is -2.19. The van der Waals surface area contributed by atoms with Crippen molar-refractivity contribution >= 4 is 22.4 Å². The molecule has 0 aliphatic carbocycles. The van der Waals surface area contributed by atoms with E-state index in [-0.39, 0.29) is 17.2 Å². The molecule has 0 aromatic carbocycles. The van der Waals surface area contributed by atoms with Crippen LogP contribution in [0, 0.1) is 11.3 Å². The molecule has 1 aromatic rings. The highest BCUT2D eigenvalue weighted by Gasteiger charge is 2.17. The van der Waals surface area contributed by atoms with Crippen molar-refractivity contribution in [2.24, 2.45) is 11.3 Å². The Morgan fingerprint density at radius 1 is 1.41 bits per heavy atom. The fourth-order valence-electron chi connectivity index (χ4n) is 1.24. The molecule has 1 rings (SSSR count). The average molecular weight is 255 g/mol. The standard InChI is InChI=1S/C12H21N3OS/c1-6-8(2)10(16)13-11-15-14-9(17-11)7-12(3,4)5/h8H,6-7H2,1-5H3,(H,13,15,16)/t8-/m1/s1. The zero-order valence-electron chi connectivity index (χ0n) is 11.2. The third-order valence-corrected chi connectivity index (χ3v) is 3.28. The summed E-state index contributed by atoms with van der Waals surface area (Å²) in [5.74, 6) is 0.0379. The van der Waals surface area contributed by atoms with E-state index in [1.54, 1.807) is 0 Å². The summed E-state index contributed by atoms with van der Waals surface area (Å²) in [6.07, 6.45) is 1.71. The normalized spacial score (nSPS) is 13.5. The van der Waals surface area contributed by atoms with Crippen LogP contribution in [0.2, 0.25) is 0 Å². The summed E-state index contributed by atoms with van der Waals surface area (Å²) in [5.41, 5.74) is 0.192. The lowest BCUT2D eigenvalue weighted by atomic mass is 9.93. The van der Waals surface area contributed by atoms with Crippen molar-refractivity contribution in [1.29, 1.82) is 0 Å². The minimum absolute atomic E-state index is 0.0185. The Kier molecular flexibility index (Phi) is 4.62. The SMILES string of the molecule is CC[C@@H](C)C(=O)Nc1nnc(CC(C)(C)C)s1. The number of nitrogens with zero attached hydrogens (tertiary/aromatic N) is 2. The molecule has 5 heteroatoms. The zero-order valence-corrected chi connectivity index (χ0v) is 12.0. The molecule has 1 amide bonds. The van der Waals surface area contributed by atoms with Crippen molar-refractivity contribution in [3.05, 3.63) is 5.01 Å². The molecule has 1 N–H and O–H groups in total. The van der Waals surface area contributed by atoms with E-state index in [2.05, 4.69) is 36.3 Å². The van der Waals surface area contributed by atoms with Gasteiger partial charge in [-0.05, 0) is 11.8 Å².